The standard InChI is InChI=1S/C16H14F3N/c1-12-5-2-3-8-15(12,9-10-20)13-6-4-7-14(11-13)16(17,18)19/h2-8,11-12H,9H2,1H3. The summed E-state index contributed by atoms with van der Waals surface area (Å²) in [6.07, 6.45) is 3.16. The van der Waals surface area contributed by atoms with Crippen LogP contribution in [0.5, 0.6) is 0 Å². The predicted molar refractivity (Wildman–Crippen MR) is 70.8 cm³/mol. The van der Waals surface area contributed by atoms with Crippen molar-refractivity contribution >= 4 is 0 Å². The third-order valence-electron chi connectivity index (χ3n) is 3.82. The van der Waals surface area contributed by atoms with Gasteiger partial charge in [0.1, 0.15) is 0 Å². The summed E-state index contributed by atoms with van der Waals surface area (Å²) >= 11 is 0. The molecule has 0 heterocycles. The Morgan fingerprint density at radius 3 is 2.65 bits per heavy atom. The number of hydrogen-bond donors (Lipinski definition) is 0. The molecule has 2 rings (SSSR count). The van der Waals surface area contributed by atoms with Crippen molar-refractivity contribution in [1.82, 2.24) is 0 Å². The molecule has 2 atom stereocenters. The minimum Gasteiger partial charge on any atom is -0.198 e. The molecule has 0 aromatic heterocycles. The third kappa shape index (κ3) is 2.49. The highest BCUT2D eigenvalue weighted by Crippen LogP contribution is 2.41. The Kier molecular flexibility index (Phi) is 3.71. The maximum Gasteiger partial charge on any atom is 0.416 e. The third-order valence-corrected chi connectivity index (χ3v) is 3.82. The van der Waals surface area contributed by atoms with Crippen LogP contribution >= 0.6 is 0 Å². The lowest BCUT2D eigenvalue weighted by Crippen LogP contribution is -2.32. The van der Waals surface area contributed by atoms with E-state index in [-0.39, 0.29) is 12.3 Å². The molecular weight excluding hydrogens is 263 g/mol. The molecule has 1 aliphatic rings. The van der Waals surface area contributed by atoms with Gasteiger partial charge in [0.15, 0.2) is 0 Å². The van der Waals surface area contributed by atoms with Crippen molar-refractivity contribution in [2.45, 2.75) is 24.9 Å². The van der Waals surface area contributed by atoms with Crippen molar-refractivity contribution in [2.24, 2.45) is 5.92 Å². The summed E-state index contributed by atoms with van der Waals surface area (Å²) in [5, 5.41) is 9.06. The van der Waals surface area contributed by atoms with Crippen molar-refractivity contribution in [3.8, 4) is 6.07 Å². The number of nitriles is 1. The number of nitrogens with zero attached hydrogens (tertiary/aromatic N) is 1. The van der Waals surface area contributed by atoms with E-state index in [9.17, 15) is 13.2 Å². The molecular formula is C16H14F3N. The molecule has 0 bridgehead atoms. The van der Waals surface area contributed by atoms with E-state index in [0.717, 1.165) is 12.1 Å². The van der Waals surface area contributed by atoms with Crippen molar-refractivity contribution in [2.75, 3.05) is 0 Å². The fraction of sp³-hybridized carbons (Fsp3) is 0.312. The van der Waals surface area contributed by atoms with Crippen molar-refractivity contribution < 1.29 is 13.2 Å². The van der Waals surface area contributed by atoms with Gasteiger partial charge in [-0.3, -0.25) is 0 Å². The Morgan fingerprint density at radius 1 is 1.30 bits per heavy atom. The highest BCUT2D eigenvalue weighted by Gasteiger charge is 2.38. The monoisotopic (exact) mass is 277 g/mol. The Morgan fingerprint density at radius 2 is 2.05 bits per heavy atom. The number of alkyl halides is 3. The van der Waals surface area contributed by atoms with Crippen LogP contribution in [0.25, 0.3) is 0 Å². The van der Waals surface area contributed by atoms with E-state index >= 15 is 0 Å². The Labute approximate surface area is 116 Å². The molecule has 1 aromatic rings. The molecule has 0 saturated heterocycles. The molecule has 0 amide bonds. The van der Waals surface area contributed by atoms with Gasteiger partial charge in [0.25, 0.3) is 0 Å². The van der Waals surface area contributed by atoms with Gasteiger partial charge in [-0.15, -0.1) is 0 Å². The molecule has 0 radical (unpaired) electrons. The minimum atomic E-state index is -4.37. The van der Waals surface area contributed by atoms with Crippen LogP contribution in [0.4, 0.5) is 13.2 Å². The van der Waals surface area contributed by atoms with Gasteiger partial charge in [-0.05, 0) is 17.5 Å². The number of benzene rings is 1. The summed E-state index contributed by atoms with van der Waals surface area (Å²) in [5.41, 5.74) is -0.838. The minimum absolute atomic E-state index is 0.0318. The van der Waals surface area contributed by atoms with Crippen LogP contribution in [0, 0.1) is 17.2 Å². The lowest BCUT2D eigenvalue weighted by molar-refractivity contribution is -0.137. The van der Waals surface area contributed by atoms with Crippen molar-refractivity contribution in [3.05, 3.63) is 59.7 Å². The van der Waals surface area contributed by atoms with Crippen LogP contribution in [0.3, 0.4) is 0 Å². The number of hydrogen-bond acceptors (Lipinski definition) is 1. The Bertz CT molecular complexity index is 592. The number of allylic oxidation sites excluding steroid dienone is 4. The molecule has 0 spiro atoms. The lowest BCUT2D eigenvalue weighted by Gasteiger charge is -2.35. The van der Waals surface area contributed by atoms with Gasteiger partial charge in [-0.2, -0.15) is 18.4 Å². The molecule has 104 valence electrons. The van der Waals surface area contributed by atoms with Crippen LogP contribution in [-0.2, 0) is 11.6 Å². The summed E-state index contributed by atoms with van der Waals surface area (Å²) < 4.78 is 38.5. The highest BCUT2D eigenvalue weighted by atomic mass is 19.4. The first-order valence-corrected chi connectivity index (χ1v) is 6.31. The lowest BCUT2D eigenvalue weighted by atomic mass is 9.67. The molecule has 1 aromatic carbocycles. The predicted octanol–water partition coefficient (Wildman–Crippen LogP) is 4.62. The van der Waals surface area contributed by atoms with Crippen LogP contribution in [0.1, 0.15) is 24.5 Å². The summed E-state index contributed by atoms with van der Waals surface area (Å²) in [5.74, 6) is -0.0318. The van der Waals surface area contributed by atoms with Gasteiger partial charge in [0.2, 0.25) is 0 Å². The molecule has 4 heteroatoms. The van der Waals surface area contributed by atoms with E-state index in [1.165, 1.54) is 6.07 Å². The zero-order chi connectivity index (χ0) is 14.8. The Balaban J connectivity index is 2.54. The van der Waals surface area contributed by atoms with Gasteiger partial charge >= 0.3 is 6.18 Å². The topological polar surface area (TPSA) is 23.8 Å². The molecule has 1 nitrogen and oxygen atoms in total. The van der Waals surface area contributed by atoms with Crippen molar-refractivity contribution in [1.29, 1.82) is 5.26 Å². The quantitative estimate of drug-likeness (QED) is 0.773. The maximum absolute atomic E-state index is 12.8. The maximum atomic E-state index is 12.8. The van der Waals surface area contributed by atoms with E-state index in [1.54, 1.807) is 12.1 Å². The SMILES string of the molecule is CC1C=CC=CC1(CC#N)c1cccc(C(F)(F)F)c1. The average molecular weight is 277 g/mol. The van der Waals surface area contributed by atoms with Gasteiger partial charge < -0.3 is 0 Å². The van der Waals surface area contributed by atoms with Crippen LogP contribution in [0.2, 0.25) is 0 Å². The highest BCUT2D eigenvalue weighted by molar-refractivity contribution is 5.41. The van der Waals surface area contributed by atoms with E-state index in [2.05, 4.69) is 6.07 Å². The van der Waals surface area contributed by atoms with E-state index in [4.69, 9.17) is 5.26 Å². The largest absolute Gasteiger partial charge is 0.416 e. The summed E-state index contributed by atoms with van der Waals surface area (Å²) in [6, 6.07) is 7.36. The average Bonchev–Trinajstić information content (AvgIpc) is 2.41. The summed E-state index contributed by atoms with van der Waals surface area (Å²) in [7, 11) is 0. The zero-order valence-corrected chi connectivity index (χ0v) is 11.0. The smallest absolute Gasteiger partial charge is 0.198 e. The molecule has 0 N–H and O–H groups in total. The number of rotatable bonds is 2. The molecule has 0 aliphatic heterocycles. The molecule has 20 heavy (non-hydrogen) atoms. The first-order chi connectivity index (χ1) is 9.40. The molecule has 0 saturated carbocycles. The van der Waals surface area contributed by atoms with E-state index in [0.29, 0.717) is 5.56 Å². The second-order valence-electron chi connectivity index (χ2n) is 4.99. The van der Waals surface area contributed by atoms with E-state index < -0.39 is 17.2 Å². The van der Waals surface area contributed by atoms with E-state index in [1.807, 2.05) is 25.2 Å². The fourth-order valence-electron chi connectivity index (χ4n) is 2.58. The summed E-state index contributed by atoms with van der Waals surface area (Å²) in [6.45, 7) is 1.91. The molecule has 2 unspecified atom stereocenters. The zero-order valence-electron chi connectivity index (χ0n) is 11.0. The van der Waals surface area contributed by atoms with Crippen molar-refractivity contribution in [3.63, 3.8) is 0 Å². The van der Waals surface area contributed by atoms with Gasteiger partial charge in [-0.1, -0.05) is 49.4 Å². The second kappa shape index (κ2) is 5.16. The van der Waals surface area contributed by atoms with Crippen LogP contribution in [-0.4, -0.2) is 0 Å². The second-order valence-corrected chi connectivity index (χ2v) is 4.99. The first-order valence-electron chi connectivity index (χ1n) is 6.31. The fourth-order valence-corrected chi connectivity index (χ4v) is 2.58. The molecule has 0 fully saturated rings. The summed E-state index contributed by atoms with van der Waals surface area (Å²) in [4.78, 5) is 0. The van der Waals surface area contributed by atoms with Gasteiger partial charge in [0, 0.05) is 11.8 Å². The normalized spacial score (nSPS) is 25.4. The Hall–Kier alpha value is -2.02. The van der Waals surface area contributed by atoms with Gasteiger partial charge in [-0.25, -0.2) is 0 Å². The van der Waals surface area contributed by atoms with Crippen LogP contribution in [0.15, 0.2) is 48.6 Å². The molecule has 1 aliphatic carbocycles. The van der Waals surface area contributed by atoms with Gasteiger partial charge in [0.05, 0.1) is 11.6 Å². The number of halogens is 3. The first kappa shape index (κ1) is 14.4. The van der Waals surface area contributed by atoms with Crippen LogP contribution < -0.4 is 0 Å².